The maximum absolute atomic E-state index is 12.8. The number of hydrogen-bond acceptors (Lipinski definition) is 5. The lowest BCUT2D eigenvalue weighted by Gasteiger charge is -2.13. The molecule has 0 amide bonds. The number of rotatable bonds is 6. The predicted octanol–water partition coefficient (Wildman–Crippen LogP) is 4.39. The van der Waals surface area contributed by atoms with Crippen LogP contribution in [0.4, 0.5) is 11.4 Å². The average molecular weight is 461 g/mol. The third-order valence-electron chi connectivity index (χ3n) is 3.86. The number of benzene rings is 3. The number of nitro benzene ring substituents is 1. The van der Waals surface area contributed by atoms with Gasteiger partial charge in [0.15, 0.2) is 5.78 Å². The molecule has 0 atom stereocenters. The highest BCUT2D eigenvalue weighted by Gasteiger charge is 2.21. The molecule has 0 heterocycles. The molecule has 0 aliphatic rings. The molecule has 0 radical (unpaired) electrons. The van der Waals surface area contributed by atoms with Crippen molar-refractivity contribution < 1.29 is 18.1 Å². The van der Waals surface area contributed by atoms with E-state index in [1.165, 1.54) is 12.1 Å². The van der Waals surface area contributed by atoms with Crippen molar-refractivity contribution in [2.24, 2.45) is 0 Å². The van der Waals surface area contributed by atoms with E-state index < -0.39 is 14.9 Å². The van der Waals surface area contributed by atoms with E-state index in [1.54, 1.807) is 36.4 Å². The second-order valence-electron chi connectivity index (χ2n) is 5.74. The third-order valence-corrected chi connectivity index (χ3v) is 5.74. The van der Waals surface area contributed by atoms with Gasteiger partial charge in [0.25, 0.3) is 15.7 Å². The lowest BCUT2D eigenvalue weighted by atomic mass is 10.0. The molecule has 3 aromatic carbocycles. The summed E-state index contributed by atoms with van der Waals surface area (Å²) >= 11 is 3.29. The quantitative estimate of drug-likeness (QED) is 0.333. The Kier molecular flexibility index (Phi) is 5.57. The molecule has 7 nitrogen and oxygen atoms in total. The van der Waals surface area contributed by atoms with Crippen LogP contribution in [0, 0.1) is 10.1 Å². The number of nitrogens with one attached hydrogen (secondary N) is 1. The van der Waals surface area contributed by atoms with Crippen molar-refractivity contribution in [3.63, 3.8) is 0 Å². The zero-order chi connectivity index (χ0) is 20.3. The summed E-state index contributed by atoms with van der Waals surface area (Å²) in [7, 11) is -4.05. The number of sulfonamides is 1. The van der Waals surface area contributed by atoms with Gasteiger partial charge in [0.05, 0.1) is 15.5 Å². The summed E-state index contributed by atoms with van der Waals surface area (Å²) in [6.07, 6.45) is 0. The first-order valence-electron chi connectivity index (χ1n) is 7.94. The molecule has 0 bridgehead atoms. The highest BCUT2D eigenvalue weighted by molar-refractivity contribution is 9.10. The van der Waals surface area contributed by atoms with Gasteiger partial charge in [-0.15, -0.1) is 0 Å². The van der Waals surface area contributed by atoms with Crippen LogP contribution < -0.4 is 4.72 Å². The van der Waals surface area contributed by atoms with Crippen LogP contribution in [0.5, 0.6) is 0 Å². The molecule has 0 spiro atoms. The van der Waals surface area contributed by atoms with Crippen LogP contribution in [0.1, 0.15) is 15.9 Å². The molecular formula is C19H13BrN2O5S. The van der Waals surface area contributed by atoms with E-state index in [0.29, 0.717) is 10.0 Å². The number of carbonyl (C=O) groups is 1. The molecule has 3 aromatic rings. The van der Waals surface area contributed by atoms with Crippen LogP contribution in [-0.4, -0.2) is 19.1 Å². The predicted molar refractivity (Wildman–Crippen MR) is 108 cm³/mol. The number of anilines is 1. The van der Waals surface area contributed by atoms with Crippen LogP contribution in [0.15, 0.2) is 82.2 Å². The maximum Gasteiger partial charge on any atom is 0.269 e. The number of nitro groups is 1. The molecule has 0 fully saturated rings. The first kappa shape index (κ1) is 19.7. The van der Waals surface area contributed by atoms with E-state index in [9.17, 15) is 23.3 Å². The summed E-state index contributed by atoms with van der Waals surface area (Å²) in [5, 5.41) is 10.7. The summed E-state index contributed by atoms with van der Waals surface area (Å²) in [6, 6.07) is 17.6. The van der Waals surface area contributed by atoms with Crippen LogP contribution in [0.2, 0.25) is 0 Å². The number of nitrogens with zero attached hydrogens (tertiary/aromatic N) is 1. The summed E-state index contributed by atoms with van der Waals surface area (Å²) in [5.41, 5.74) is 0.473. The fourth-order valence-electron chi connectivity index (χ4n) is 2.49. The lowest BCUT2D eigenvalue weighted by molar-refractivity contribution is -0.384. The zero-order valence-corrected chi connectivity index (χ0v) is 16.6. The van der Waals surface area contributed by atoms with E-state index >= 15 is 0 Å². The first-order chi connectivity index (χ1) is 13.3. The second-order valence-corrected chi connectivity index (χ2v) is 8.34. The summed E-state index contributed by atoms with van der Waals surface area (Å²) in [4.78, 5) is 22.8. The monoisotopic (exact) mass is 460 g/mol. The van der Waals surface area contributed by atoms with Crippen LogP contribution in [-0.2, 0) is 10.0 Å². The van der Waals surface area contributed by atoms with E-state index in [0.717, 1.165) is 24.3 Å². The fourth-order valence-corrected chi connectivity index (χ4v) is 3.93. The van der Waals surface area contributed by atoms with Gasteiger partial charge in [-0.05, 0) is 30.3 Å². The normalized spacial score (nSPS) is 11.0. The molecule has 0 aliphatic heterocycles. The van der Waals surface area contributed by atoms with Crippen molar-refractivity contribution in [3.05, 3.63) is 98.5 Å². The van der Waals surface area contributed by atoms with E-state index in [2.05, 4.69) is 20.7 Å². The molecule has 28 heavy (non-hydrogen) atoms. The Hall–Kier alpha value is -3.04. The smallest absolute Gasteiger partial charge is 0.269 e. The van der Waals surface area contributed by atoms with E-state index in [-0.39, 0.29) is 27.6 Å². The van der Waals surface area contributed by atoms with Gasteiger partial charge in [0.2, 0.25) is 0 Å². The highest BCUT2D eigenvalue weighted by atomic mass is 79.9. The lowest BCUT2D eigenvalue weighted by Crippen LogP contribution is -2.16. The zero-order valence-electron chi connectivity index (χ0n) is 14.2. The number of ketones is 1. The number of carbonyl (C=O) groups excluding carboxylic acids is 1. The maximum atomic E-state index is 12.8. The van der Waals surface area contributed by atoms with Gasteiger partial charge in [0, 0.05) is 27.7 Å². The van der Waals surface area contributed by atoms with Gasteiger partial charge < -0.3 is 0 Å². The molecular weight excluding hydrogens is 448 g/mol. The Labute approximate surface area is 169 Å². The van der Waals surface area contributed by atoms with Crippen LogP contribution in [0.3, 0.4) is 0 Å². The van der Waals surface area contributed by atoms with Crippen LogP contribution >= 0.6 is 15.9 Å². The van der Waals surface area contributed by atoms with Crippen molar-refractivity contribution >= 4 is 43.1 Å². The molecule has 0 aliphatic carbocycles. The van der Waals surface area contributed by atoms with Gasteiger partial charge in [0.1, 0.15) is 0 Å². The second kappa shape index (κ2) is 7.91. The molecule has 0 saturated carbocycles. The Morgan fingerprint density at radius 2 is 1.61 bits per heavy atom. The van der Waals surface area contributed by atoms with Crippen molar-refractivity contribution in [2.75, 3.05) is 4.72 Å². The molecule has 0 aromatic heterocycles. The summed E-state index contributed by atoms with van der Waals surface area (Å²) in [5.74, 6) is -0.344. The minimum absolute atomic E-state index is 0.107. The van der Waals surface area contributed by atoms with E-state index in [4.69, 9.17) is 0 Å². The van der Waals surface area contributed by atoms with Crippen molar-refractivity contribution in [1.29, 1.82) is 0 Å². The topological polar surface area (TPSA) is 106 Å². The Morgan fingerprint density at radius 3 is 2.21 bits per heavy atom. The summed E-state index contributed by atoms with van der Waals surface area (Å²) < 4.78 is 28.4. The largest absolute Gasteiger partial charge is 0.289 e. The van der Waals surface area contributed by atoms with Gasteiger partial charge in [-0.2, -0.15) is 0 Å². The average Bonchev–Trinajstić information content (AvgIpc) is 2.69. The molecule has 0 unspecified atom stereocenters. The van der Waals surface area contributed by atoms with Gasteiger partial charge in [-0.1, -0.05) is 46.3 Å². The third kappa shape index (κ3) is 4.26. The van der Waals surface area contributed by atoms with Gasteiger partial charge in [-0.3, -0.25) is 19.6 Å². The fraction of sp³-hybridized carbons (Fsp3) is 0. The SMILES string of the molecule is O=C(c1ccccc1)c1cc(Br)ccc1NS(=O)(=O)c1ccc([N+](=O)[O-])cc1. The molecule has 9 heteroatoms. The highest BCUT2D eigenvalue weighted by Crippen LogP contribution is 2.27. The molecule has 142 valence electrons. The minimum Gasteiger partial charge on any atom is -0.289 e. The minimum atomic E-state index is -4.05. The van der Waals surface area contributed by atoms with Crippen molar-refractivity contribution in [1.82, 2.24) is 0 Å². The van der Waals surface area contributed by atoms with Gasteiger partial charge >= 0.3 is 0 Å². The Bertz CT molecular complexity index is 1150. The Balaban J connectivity index is 1.98. The molecule has 0 saturated heterocycles. The van der Waals surface area contributed by atoms with Crippen molar-refractivity contribution in [2.45, 2.75) is 4.90 Å². The van der Waals surface area contributed by atoms with Crippen molar-refractivity contribution in [3.8, 4) is 0 Å². The molecule has 1 N–H and O–H groups in total. The number of non-ortho nitro benzene ring substituents is 1. The Morgan fingerprint density at radius 1 is 0.964 bits per heavy atom. The van der Waals surface area contributed by atoms with Crippen LogP contribution in [0.25, 0.3) is 0 Å². The summed E-state index contributed by atoms with van der Waals surface area (Å²) in [6.45, 7) is 0. The van der Waals surface area contributed by atoms with Gasteiger partial charge in [-0.25, -0.2) is 8.42 Å². The standard InChI is InChI=1S/C19H13BrN2O5S/c20-14-6-11-18(17(12-14)19(23)13-4-2-1-3-5-13)21-28(26,27)16-9-7-15(8-10-16)22(24)25/h1-12,21H. The number of hydrogen-bond donors (Lipinski definition) is 1. The molecule has 3 rings (SSSR count). The van der Waals surface area contributed by atoms with E-state index in [1.807, 2.05) is 0 Å². The first-order valence-corrected chi connectivity index (χ1v) is 10.2. The number of halogens is 1.